The van der Waals surface area contributed by atoms with Gasteiger partial charge in [0.1, 0.15) is 18.8 Å². The lowest BCUT2D eigenvalue weighted by molar-refractivity contribution is -0.145. The lowest BCUT2D eigenvalue weighted by Crippen LogP contribution is -2.22. The second-order valence-corrected chi connectivity index (χ2v) is 5.73. The first kappa shape index (κ1) is 15.2. The number of rotatable bonds is 4. The van der Waals surface area contributed by atoms with Crippen LogP contribution in [-0.4, -0.2) is 19.9 Å². The van der Waals surface area contributed by atoms with Gasteiger partial charge in [0.2, 0.25) is 0 Å². The average Bonchev–Trinajstić information content (AvgIpc) is 2.85. The number of pyridine rings is 1. The molecule has 0 aliphatic carbocycles. The van der Waals surface area contributed by atoms with Crippen molar-refractivity contribution in [2.45, 2.75) is 20.1 Å². The molecule has 0 fully saturated rings. The van der Waals surface area contributed by atoms with Crippen molar-refractivity contribution in [3.05, 3.63) is 67.3 Å². The van der Waals surface area contributed by atoms with Crippen molar-refractivity contribution in [3.63, 3.8) is 0 Å². The first-order chi connectivity index (χ1) is 11.0. The van der Waals surface area contributed by atoms with Crippen LogP contribution in [0.15, 0.2) is 45.4 Å². The first-order valence-corrected chi connectivity index (χ1v) is 7.70. The molecule has 0 radical (unpaired) electrons. The van der Waals surface area contributed by atoms with E-state index >= 15 is 0 Å². The molecule has 0 aromatic carbocycles. The summed E-state index contributed by atoms with van der Waals surface area (Å²) in [6.07, 6.45) is 1.62. The van der Waals surface area contributed by atoms with Gasteiger partial charge in [0.05, 0.1) is 5.69 Å². The fourth-order valence-corrected chi connectivity index (χ4v) is 2.84. The molecular formula is C15H13N3O4S. The molecule has 3 aromatic rings. The highest BCUT2D eigenvalue weighted by Crippen LogP contribution is 2.03. The second kappa shape index (κ2) is 6.17. The van der Waals surface area contributed by atoms with Gasteiger partial charge in [0, 0.05) is 23.3 Å². The van der Waals surface area contributed by atoms with E-state index in [1.54, 1.807) is 36.7 Å². The maximum atomic E-state index is 11.9. The lowest BCUT2D eigenvalue weighted by atomic mass is 10.4. The number of carbonyl (C=O) groups is 1. The molecule has 0 saturated heterocycles. The fraction of sp³-hybridized carbons (Fsp3) is 0.200. The zero-order chi connectivity index (χ0) is 16.4. The zero-order valence-electron chi connectivity index (χ0n) is 12.3. The van der Waals surface area contributed by atoms with Crippen molar-refractivity contribution >= 4 is 23.0 Å². The Morgan fingerprint density at radius 1 is 1.35 bits per heavy atom. The van der Waals surface area contributed by atoms with Crippen LogP contribution in [0.1, 0.15) is 11.4 Å². The molecular weight excluding hydrogens is 318 g/mol. The van der Waals surface area contributed by atoms with Gasteiger partial charge < -0.3 is 4.74 Å². The van der Waals surface area contributed by atoms with Crippen molar-refractivity contribution < 1.29 is 9.53 Å². The van der Waals surface area contributed by atoms with Crippen LogP contribution < -0.4 is 10.4 Å². The molecule has 0 spiro atoms. The van der Waals surface area contributed by atoms with Gasteiger partial charge in [-0.15, -0.1) is 0 Å². The molecule has 3 rings (SSSR count). The number of carbonyl (C=O) groups excluding carboxylic acids is 1. The highest BCUT2D eigenvalue weighted by molar-refractivity contribution is 7.07. The van der Waals surface area contributed by atoms with Crippen molar-refractivity contribution in [2.75, 3.05) is 0 Å². The highest BCUT2D eigenvalue weighted by atomic mass is 32.1. The number of nitrogens with zero attached hydrogens (tertiary/aromatic N) is 3. The lowest BCUT2D eigenvalue weighted by Gasteiger charge is -2.07. The van der Waals surface area contributed by atoms with Crippen LogP contribution in [0, 0.1) is 6.92 Å². The third kappa shape index (κ3) is 3.21. The molecule has 0 amide bonds. The van der Waals surface area contributed by atoms with E-state index in [0.29, 0.717) is 17.0 Å². The molecule has 0 aliphatic heterocycles. The minimum atomic E-state index is -0.552. The summed E-state index contributed by atoms with van der Waals surface area (Å²) in [4.78, 5) is 39.4. The Morgan fingerprint density at radius 3 is 2.91 bits per heavy atom. The maximum Gasteiger partial charge on any atom is 0.326 e. The van der Waals surface area contributed by atoms with E-state index in [1.807, 2.05) is 0 Å². The van der Waals surface area contributed by atoms with Crippen molar-refractivity contribution in [2.24, 2.45) is 0 Å². The number of aromatic nitrogens is 3. The topological polar surface area (TPSA) is 82.7 Å². The summed E-state index contributed by atoms with van der Waals surface area (Å²) in [5.74, 6) is -0.552. The Bertz CT molecular complexity index is 986. The Balaban J connectivity index is 1.72. The monoisotopic (exact) mass is 331 g/mol. The standard InChI is InChI=1S/C15H13N3O4S/c1-10-9-23-15(21)18(10)7-14(20)22-8-11-6-13(19)17-5-3-2-4-12(17)16-11/h2-6,9H,7-8H2,1H3. The van der Waals surface area contributed by atoms with E-state index in [-0.39, 0.29) is 23.6 Å². The van der Waals surface area contributed by atoms with Gasteiger partial charge in [-0.2, -0.15) is 0 Å². The van der Waals surface area contributed by atoms with Gasteiger partial charge in [-0.3, -0.25) is 23.4 Å². The first-order valence-electron chi connectivity index (χ1n) is 6.82. The van der Waals surface area contributed by atoms with Crippen molar-refractivity contribution in [1.29, 1.82) is 0 Å². The van der Waals surface area contributed by atoms with Gasteiger partial charge in [0.15, 0.2) is 0 Å². The second-order valence-electron chi connectivity index (χ2n) is 4.90. The summed E-state index contributed by atoms with van der Waals surface area (Å²) in [5, 5.41) is 1.68. The van der Waals surface area contributed by atoms with Gasteiger partial charge in [-0.05, 0) is 19.1 Å². The van der Waals surface area contributed by atoms with Crippen LogP contribution >= 0.6 is 11.3 Å². The Kier molecular flexibility index (Phi) is 4.07. The molecule has 3 aromatic heterocycles. The van der Waals surface area contributed by atoms with Crippen LogP contribution in [0.3, 0.4) is 0 Å². The molecule has 0 bridgehead atoms. The molecule has 118 valence electrons. The number of thiazole rings is 1. The van der Waals surface area contributed by atoms with E-state index in [2.05, 4.69) is 4.98 Å². The largest absolute Gasteiger partial charge is 0.458 e. The molecule has 0 saturated carbocycles. The molecule has 8 heteroatoms. The van der Waals surface area contributed by atoms with Crippen LogP contribution in [0.4, 0.5) is 0 Å². The molecule has 0 aliphatic rings. The van der Waals surface area contributed by atoms with Crippen LogP contribution in [0.2, 0.25) is 0 Å². The summed E-state index contributed by atoms with van der Waals surface area (Å²) >= 11 is 1.03. The van der Waals surface area contributed by atoms with E-state index in [9.17, 15) is 14.4 Å². The summed E-state index contributed by atoms with van der Waals surface area (Å²) < 4.78 is 7.86. The van der Waals surface area contributed by atoms with Crippen LogP contribution in [0.5, 0.6) is 0 Å². The third-order valence-electron chi connectivity index (χ3n) is 3.27. The Hall–Kier alpha value is -2.74. The van der Waals surface area contributed by atoms with E-state index in [0.717, 1.165) is 11.3 Å². The number of hydrogen-bond donors (Lipinski definition) is 0. The van der Waals surface area contributed by atoms with E-state index in [4.69, 9.17) is 4.74 Å². The van der Waals surface area contributed by atoms with E-state index < -0.39 is 5.97 Å². The highest BCUT2D eigenvalue weighted by Gasteiger charge is 2.10. The number of aryl methyl sites for hydroxylation is 1. The van der Waals surface area contributed by atoms with Gasteiger partial charge in [-0.25, -0.2) is 4.98 Å². The number of hydrogen-bond acceptors (Lipinski definition) is 6. The van der Waals surface area contributed by atoms with Crippen molar-refractivity contribution in [1.82, 2.24) is 14.0 Å². The molecule has 3 heterocycles. The minimum Gasteiger partial charge on any atom is -0.458 e. The summed E-state index contributed by atoms with van der Waals surface area (Å²) in [6, 6.07) is 6.52. The van der Waals surface area contributed by atoms with E-state index in [1.165, 1.54) is 15.0 Å². The van der Waals surface area contributed by atoms with Crippen molar-refractivity contribution in [3.8, 4) is 0 Å². The minimum absolute atomic E-state index is 0.114. The molecule has 7 nitrogen and oxygen atoms in total. The predicted octanol–water partition coefficient (Wildman–Crippen LogP) is 0.970. The van der Waals surface area contributed by atoms with Crippen LogP contribution in [-0.2, 0) is 22.7 Å². The summed E-state index contributed by atoms with van der Waals surface area (Å²) in [5.41, 5.74) is 1.31. The quantitative estimate of drug-likeness (QED) is 0.665. The fourth-order valence-electron chi connectivity index (χ4n) is 2.10. The summed E-state index contributed by atoms with van der Waals surface area (Å²) in [7, 11) is 0. The Labute approximate surface area is 134 Å². The Morgan fingerprint density at radius 2 is 2.17 bits per heavy atom. The molecule has 0 N–H and O–H groups in total. The predicted molar refractivity (Wildman–Crippen MR) is 84.6 cm³/mol. The number of fused-ring (bicyclic) bond motifs is 1. The SMILES string of the molecule is Cc1csc(=O)n1CC(=O)OCc1cc(=O)n2ccccc2n1. The number of esters is 1. The normalized spacial score (nSPS) is 10.8. The maximum absolute atomic E-state index is 11.9. The molecule has 0 atom stereocenters. The third-order valence-corrected chi connectivity index (χ3v) is 4.15. The number of ether oxygens (including phenoxy) is 1. The molecule has 0 unspecified atom stereocenters. The van der Waals surface area contributed by atoms with Gasteiger partial charge >= 0.3 is 10.8 Å². The van der Waals surface area contributed by atoms with Gasteiger partial charge in [0.25, 0.3) is 5.56 Å². The van der Waals surface area contributed by atoms with Crippen LogP contribution in [0.25, 0.3) is 5.65 Å². The average molecular weight is 331 g/mol. The zero-order valence-corrected chi connectivity index (χ0v) is 13.1. The smallest absolute Gasteiger partial charge is 0.326 e. The van der Waals surface area contributed by atoms with Gasteiger partial charge in [-0.1, -0.05) is 17.4 Å². The summed E-state index contributed by atoms with van der Waals surface area (Å²) in [6.45, 7) is 1.48. The molecule has 23 heavy (non-hydrogen) atoms.